The fourth-order valence-corrected chi connectivity index (χ4v) is 1.44. The Kier molecular flexibility index (Phi) is 5.09. The van der Waals surface area contributed by atoms with Crippen LogP contribution in [0.2, 0.25) is 0 Å². The van der Waals surface area contributed by atoms with Gasteiger partial charge in [-0.15, -0.1) is 0 Å². The van der Waals surface area contributed by atoms with E-state index in [2.05, 4.69) is 5.32 Å². The zero-order valence-electron chi connectivity index (χ0n) is 10.1. The number of aliphatic hydroxyl groups is 1. The van der Waals surface area contributed by atoms with Crippen molar-refractivity contribution in [2.75, 3.05) is 6.61 Å². The molecular weight excluding hydrogens is 279 g/mol. The maximum atomic E-state index is 12.3. The number of carbonyl (C=O) groups excluding carboxylic acids is 1. The predicted molar refractivity (Wildman–Crippen MR) is 62.0 cm³/mol. The van der Waals surface area contributed by atoms with Crippen LogP contribution in [-0.4, -0.2) is 34.7 Å². The summed E-state index contributed by atoms with van der Waals surface area (Å²) in [6.07, 6.45) is -4.70. The molecule has 0 aliphatic heterocycles. The molecule has 0 saturated carbocycles. The number of aliphatic hydroxyl groups excluding tert-OH is 1. The molecule has 1 atom stereocenters. The average molecular weight is 291 g/mol. The molecule has 0 radical (unpaired) electrons. The van der Waals surface area contributed by atoms with Gasteiger partial charge < -0.3 is 15.5 Å². The third-order valence-corrected chi connectivity index (χ3v) is 2.50. The summed E-state index contributed by atoms with van der Waals surface area (Å²) in [6.45, 7) is -0.440. The van der Waals surface area contributed by atoms with Crippen LogP contribution in [0.25, 0.3) is 0 Å². The van der Waals surface area contributed by atoms with E-state index in [1.54, 1.807) is 0 Å². The first-order valence-corrected chi connectivity index (χ1v) is 5.57. The van der Waals surface area contributed by atoms with Crippen molar-refractivity contribution in [3.05, 3.63) is 35.4 Å². The molecule has 5 nitrogen and oxygen atoms in total. The van der Waals surface area contributed by atoms with Gasteiger partial charge in [0.05, 0.1) is 5.56 Å². The lowest BCUT2D eigenvalue weighted by atomic mass is 10.1. The molecule has 1 rings (SSSR count). The highest BCUT2D eigenvalue weighted by Gasteiger charge is 2.30. The van der Waals surface area contributed by atoms with Crippen LogP contribution in [0.5, 0.6) is 0 Å². The molecule has 1 aromatic carbocycles. The zero-order valence-corrected chi connectivity index (χ0v) is 10.1. The number of nitrogens with one attached hydrogen (secondary N) is 1. The van der Waals surface area contributed by atoms with Gasteiger partial charge in [-0.3, -0.25) is 4.79 Å². The maximum absolute atomic E-state index is 12.3. The Hall–Kier alpha value is -2.09. The maximum Gasteiger partial charge on any atom is 0.416 e. The number of hydrogen-bond donors (Lipinski definition) is 3. The molecule has 110 valence electrons. The minimum atomic E-state index is -4.50. The molecule has 0 heterocycles. The Morgan fingerprint density at radius 1 is 1.20 bits per heavy atom. The normalized spacial score (nSPS) is 12.8. The van der Waals surface area contributed by atoms with Gasteiger partial charge in [0, 0.05) is 18.6 Å². The molecule has 1 aromatic rings. The van der Waals surface area contributed by atoms with E-state index in [-0.39, 0.29) is 12.0 Å². The highest BCUT2D eigenvalue weighted by Crippen LogP contribution is 2.29. The van der Waals surface area contributed by atoms with Crippen molar-refractivity contribution in [1.82, 2.24) is 5.32 Å². The number of hydrogen-bond acceptors (Lipinski definition) is 3. The second kappa shape index (κ2) is 6.38. The minimum absolute atomic E-state index is 0.0952. The molecule has 0 spiro atoms. The lowest BCUT2D eigenvalue weighted by Crippen LogP contribution is -2.41. The first kappa shape index (κ1) is 16.0. The van der Waals surface area contributed by atoms with Crippen molar-refractivity contribution < 1.29 is 33.0 Å². The van der Waals surface area contributed by atoms with E-state index in [0.29, 0.717) is 0 Å². The van der Waals surface area contributed by atoms with Gasteiger partial charge in [-0.1, -0.05) is 0 Å². The summed E-state index contributed by atoms with van der Waals surface area (Å²) in [5.74, 6) is -2.15. The molecule has 0 saturated heterocycles. The number of carboxylic acids is 1. The van der Waals surface area contributed by atoms with Crippen LogP contribution < -0.4 is 5.32 Å². The lowest BCUT2D eigenvalue weighted by molar-refractivity contribution is -0.139. The van der Waals surface area contributed by atoms with E-state index >= 15 is 0 Å². The number of benzene rings is 1. The topological polar surface area (TPSA) is 86.6 Å². The first-order chi connectivity index (χ1) is 9.25. The Labute approximate surface area is 112 Å². The van der Waals surface area contributed by atoms with Crippen molar-refractivity contribution in [3.8, 4) is 0 Å². The fourth-order valence-electron chi connectivity index (χ4n) is 1.44. The van der Waals surface area contributed by atoms with Gasteiger partial charge in [0.25, 0.3) is 5.91 Å². The van der Waals surface area contributed by atoms with E-state index in [1.807, 2.05) is 0 Å². The van der Waals surface area contributed by atoms with Gasteiger partial charge in [-0.2, -0.15) is 13.2 Å². The number of carbonyl (C=O) groups is 2. The van der Waals surface area contributed by atoms with E-state index in [1.165, 1.54) is 0 Å². The molecule has 8 heteroatoms. The summed E-state index contributed by atoms with van der Waals surface area (Å²) in [5.41, 5.74) is -0.999. The molecule has 0 unspecified atom stereocenters. The summed E-state index contributed by atoms with van der Waals surface area (Å²) in [5, 5.41) is 19.5. The van der Waals surface area contributed by atoms with Gasteiger partial charge >= 0.3 is 12.1 Å². The molecule has 0 bridgehead atoms. The van der Waals surface area contributed by atoms with Gasteiger partial charge in [-0.05, 0) is 24.3 Å². The smallest absolute Gasteiger partial charge is 0.416 e. The number of carboxylic acid groups (broad SMARTS) is 1. The second-order valence-electron chi connectivity index (χ2n) is 3.95. The van der Waals surface area contributed by atoms with Crippen LogP contribution in [-0.2, 0) is 11.0 Å². The van der Waals surface area contributed by atoms with Crippen molar-refractivity contribution in [2.24, 2.45) is 0 Å². The van der Waals surface area contributed by atoms with Gasteiger partial charge in [-0.25, -0.2) is 4.79 Å². The van der Waals surface area contributed by atoms with Crippen LogP contribution in [0.4, 0.5) is 13.2 Å². The molecule has 3 N–H and O–H groups in total. The molecule has 0 aromatic heterocycles. The predicted octanol–water partition coefficient (Wildman–Crippen LogP) is 1.27. The summed E-state index contributed by atoms with van der Waals surface area (Å²) in [7, 11) is 0. The van der Waals surface area contributed by atoms with E-state index in [9.17, 15) is 22.8 Å². The Morgan fingerprint density at radius 2 is 1.75 bits per heavy atom. The molecule has 20 heavy (non-hydrogen) atoms. The van der Waals surface area contributed by atoms with Crippen LogP contribution in [0.15, 0.2) is 24.3 Å². The number of aliphatic carboxylic acids is 1. The van der Waals surface area contributed by atoms with E-state index in [4.69, 9.17) is 10.2 Å². The number of halogens is 3. The van der Waals surface area contributed by atoms with Crippen molar-refractivity contribution in [3.63, 3.8) is 0 Å². The summed E-state index contributed by atoms with van der Waals surface area (Å²) < 4.78 is 37.0. The zero-order chi connectivity index (χ0) is 15.3. The monoisotopic (exact) mass is 291 g/mol. The summed E-state index contributed by atoms with van der Waals surface area (Å²) in [6, 6.07) is 2.08. The standard InChI is InChI=1S/C12H12F3NO4/c13-12(14,15)8-3-1-7(2-4-8)10(18)16-9(5-6-17)11(19)20/h1-4,9,17H,5-6H2,(H,16,18)(H,19,20)/t9-/m0/s1. The first-order valence-electron chi connectivity index (χ1n) is 5.57. The highest BCUT2D eigenvalue weighted by atomic mass is 19.4. The Morgan fingerprint density at radius 3 is 2.15 bits per heavy atom. The summed E-state index contributed by atoms with van der Waals surface area (Å²) in [4.78, 5) is 22.4. The second-order valence-corrected chi connectivity index (χ2v) is 3.95. The number of alkyl halides is 3. The van der Waals surface area contributed by atoms with Crippen molar-refractivity contribution in [1.29, 1.82) is 0 Å². The van der Waals surface area contributed by atoms with Gasteiger partial charge in [0.15, 0.2) is 0 Å². The fraction of sp³-hybridized carbons (Fsp3) is 0.333. The largest absolute Gasteiger partial charge is 0.480 e. The van der Waals surface area contributed by atoms with E-state index in [0.717, 1.165) is 24.3 Å². The molecular formula is C12H12F3NO4. The van der Waals surface area contributed by atoms with Crippen LogP contribution >= 0.6 is 0 Å². The Bertz CT molecular complexity index is 484. The Balaban J connectivity index is 2.80. The SMILES string of the molecule is O=C(N[C@@H](CCO)C(=O)O)c1ccc(C(F)(F)F)cc1. The van der Waals surface area contributed by atoms with Crippen LogP contribution in [0.3, 0.4) is 0 Å². The third-order valence-electron chi connectivity index (χ3n) is 2.50. The molecule has 0 aliphatic rings. The van der Waals surface area contributed by atoms with Crippen molar-refractivity contribution >= 4 is 11.9 Å². The van der Waals surface area contributed by atoms with E-state index < -0.39 is 36.3 Å². The van der Waals surface area contributed by atoms with Gasteiger partial charge in [0.1, 0.15) is 6.04 Å². The quantitative estimate of drug-likeness (QED) is 0.762. The number of amides is 1. The molecule has 0 fully saturated rings. The van der Waals surface area contributed by atoms with Crippen LogP contribution in [0, 0.1) is 0 Å². The molecule has 0 aliphatic carbocycles. The number of rotatable bonds is 5. The summed E-state index contributed by atoms with van der Waals surface area (Å²) >= 11 is 0. The van der Waals surface area contributed by atoms with Crippen LogP contribution in [0.1, 0.15) is 22.3 Å². The minimum Gasteiger partial charge on any atom is -0.480 e. The van der Waals surface area contributed by atoms with Crippen molar-refractivity contribution in [2.45, 2.75) is 18.6 Å². The third kappa shape index (κ3) is 4.23. The molecule has 1 amide bonds. The lowest BCUT2D eigenvalue weighted by Gasteiger charge is -2.13. The average Bonchev–Trinajstić information content (AvgIpc) is 2.37. The van der Waals surface area contributed by atoms with Gasteiger partial charge in [0.2, 0.25) is 0 Å². The highest BCUT2D eigenvalue weighted by molar-refractivity contribution is 5.96.